The van der Waals surface area contributed by atoms with E-state index in [1.165, 1.54) is 11.0 Å². The number of nitrogens with zero attached hydrogens (tertiary/aromatic N) is 1. The Bertz CT molecular complexity index is 623. The number of carboxylic acids is 1. The average Bonchev–Trinajstić information content (AvgIpc) is 2.97. The Labute approximate surface area is 145 Å². The summed E-state index contributed by atoms with van der Waals surface area (Å²) < 4.78 is 32.1. The van der Waals surface area contributed by atoms with E-state index in [2.05, 4.69) is 0 Å². The fourth-order valence-corrected chi connectivity index (χ4v) is 2.92. The predicted octanol–water partition coefficient (Wildman–Crippen LogP) is 3.12. The summed E-state index contributed by atoms with van der Waals surface area (Å²) in [6.07, 6.45) is 2.73. The van der Waals surface area contributed by atoms with Crippen molar-refractivity contribution < 1.29 is 28.2 Å². The third-order valence-corrected chi connectivity index (χ3v) is 4.31. The minimum Gasteiger partial charge on any atom is -0.481 e. The van der Waals surface area contributed by atoms with Crippen molar-refractivity contribution in [2.45, 2.75) is 57.8 Å². The quantitative estimate of drug-likeness (QED) is 0.778. The molecule has 2 unspecified atom stereocenters. The third-order valence-electron chi connectivity index (χ3n) is 4.31. The lowest BCUT2D eigenvalue weighted by atomic mass is 10.1. The first-order chi connectivity index (χ1) is 11.8. The second-order valence-corrected chi connectivity index (χ2v) is 6.39. The van der Waals surface area contributed by atoms with Crippen LogP contribution < -0.4 is 0 Å². The van der Waals surface area contributed by atoms with Gasteiger partial charge in [-0.15, -0.1) is 0 Å². The predicted molar refractivity (Wildman–Crippen MR) is 86.8 cm³/mol. The summed E-state index contributed by atoms with van der Waals surface area (Å²) in [5.74, 6) is -3.18. The highest BCUT2D eigenvalue weighted by Gasteiger charge is 2.24. The Hall–Kier alpha value is -2.02. The molecule has 7 heteroatoms. The van der Waals surface area contributed by atoms with Crippen LogP contribution in [-0.4, -0.2) is 40.6 Å². The minimum atomic E-state index is -1.02. The molecule has 0 bridgehead atoms. The zero-order valence-electron chi connectivity index (χ0n) is 14.2. The summed E-state index contributed by atoms with van der Waals surface area (Å²) in [4.78, 5) is 24.6. The van der Waals surface area contributed by atoms with E-state index in [1.54, 1.807) is 0 Å². The number of amides is 1. The molecule has 1 aliphatic heterocycles. The molecule has 0 saturated carbocycles. The lowest BCUT2D eigenvalue weighted by Gasteiger charge is -2.23. The summed E-state index contributed by atoms with van der Waals surface area (Å²) in [7, 11) is 0. The first-order valence-electron chi connectivity index (χ1n) is 8.44. The summed E-state index contributed by atoms with van der Waals surface area (Å²) in [5.41, 5.74) is 0.420. The van der Waals surface area contributed by atoms with E-state index >= 15 is 0 Å². The van der Waals surface area contributed by atoms with Crippen LogP contribution in [0.15, 0.2) is 18.2 Å². The van der Waals surface area contributed by atoms with Crippen LogP contribution >= 0.6 is 0 Å². The summed E-state index contributed by atoms with van der Waals surface area (Å²) in [6.45, 7) is 2.06. The summed E-state index contributed by atoms with van der Waals surface area (Å²) in [5, 5.41) is 8.85. The van der Waals surface area contributed by atoms with Crippen LogP contribution in [0.25, 0.3) is 0 Å². The number of ether oxygens (including phenoxy) is 1. The highest BCUT2D eigenvalue weighted by atomic mass is 19.2. The Kier molecular flexibility index (Phi) is 6.87. The maximum absolute atomic E-state index is 13.3. The lowest BCUT2D eigenvalue weighted by Crippen LogP contribution is -2.33. The van der Waals surface area contributed by atoms with E-state index in [0.29, 0.717) is 12.0 Å². The van der Waals surface area contributed by atoms with Gasteiger partial charge in [-0.3, -0.25) is 9.59 Å². The molecule has 1 aromatic rings. The van der Waals surface area contributed by atoms with Crippen LogP contribution in [0.4, 0.5) is 8.78 Å². The molecule has 1 fully saturated rings. The lowest BCUT2D eigenvalue weighted by molar-refractivity contribution is -0.139. The van der Waals surface area contributed by atoms with Crippen molar-refractivity contribution >= 4 is 11.9 Å². The average molecular weight is 355 g/mol. The van der Waals surface area contributed by atoms with Crippen molar-refractivity contribution in [3.8, 4) is 0 Å². The first-order valence-corrected chi connectivity index (χ1v) is 8.44. The van der Waals surface area contributed by atoms with Crippen molar-refractivity contribution in [3.05, 3.63) is 35.4 Å². The molecular formula is C18H23F2NO4. The van der Waals surface area contributed by atoms with Crippen molar-refractivity contribution in [3.63, 3.8) is 0 Å². The zero-order valence-corrected chi connectivity index (χ0v) is 14.2. The Morgan fingerprint density at radius 1 is 1.24 bits per heavy atom. The normalized spacial score (nSPS) is 19.8. The van der Waals surface area contributed by atoms with Gasteiger partial charge in [-0.05, 0) is 43.9 Å². The van der Waals surface area contributed by atoms with E-state index in [4.69, 9.17) is 9.84 Å². The monoisotopic (exact) mass is 355 g/mol. The van der Waals surface area contributed by atoms with E-state index in [1.807, 2.05) is 6.92 Å². The van der Waals surface area contributed by atoms with Gasteiger partial charge >= 0.3 is 5.97 Å². The number of carbonyl (C=O) groups is 2. The molecule has 0 spiro atoms. The van der Waals surface area contributed by atoms with Gasteiger partial charge in [-0.1, -0.05) is 6.07 Å². The molecule has 0 aliphatic carbocycles. The Morgan fingerprint density at radius 2 is 2.00 bits per heavy atom. The molecule has 1 aromatic carbocycles. The van der Waals surface area contributed by atoms with Gasteiger partial charge < -0.3 is 14.7 Å². The first kappa shape index (κ1) is 19.3. The number of hydrogen-bond donors (Lipinski definition) is 1. The van der Waals surface area contributed by atoms with Gasteiger partial charge in [0, 0.05) is 19.5 Å². The molecule has 1 aliphatic rings. The van der Waals surface area contributed by atoms with Gasteiger partial charge in [0.1, 0.15) is 0 Å². The second kappa shape index (κ2) is 8.89. The van der Waals surface area contributed by atoms with E-state index in [0.717, 1.165) is 25.0 Å². The number of carboxylic acid groups (broad SMARTS) is 1. The van der Waals surface area contributed by atoms with Crippen LogP contribution in [0.1, 0.15) is 44.6 Å². The van der Waals surface area contributed by atoms with Gasteiger partial charge in [-0.2, -0.15) is 0 Å². The fourth-order valence-electron chi connectivity index (χ4n) is 2.92. The van der Waals surface area contributed by atoms with Gasteiger partial charge in [-0.25, -0.2) is 8.78 Å². The van der Waals surface area contributed by atoms with Crippen LogP contribution in [-0.2, 0) is 20.9 Å². The van der Waals surface area contributed by atoms with Crippen molar-refractivity contribution in [2.75, 3.05) is 6.54 Å². The number of benzene rings is 1. The molecule has 5 nitrogen and oxygen atoms in total. The van der Waals surface area contributed by atoms with Crippen molar-refractivity contribution in [1.82, 2.24) is 4.90 Å². The third kappa shape index (κ3) is 6.08. The molecule has 0 radical (unpaired) electrons. The minimum absolute atomic E-state index is 0.0229. The largest absolute Gasteiger partial charge is 0.481 e. The number of hydrogen-bond acceptors (Lipinski definition) is 3. The van der Waals surface area contributed by atoms with Crippen LogP contribution in [0.3, 0.4) is 0 Å². The van der Waals surface area contributed by atoms with E-state index in [9.17, 15) is 18.4 Å². The zero-order chi connectivity index (χ0) is 18.4. The van der Waals surface area contributed by atoms with Gasteiger partial charge in [0.15, 0.2) is 11.6 Å². The van der Waals surface area contributed by atoms with Crippen LogP contribution in [0, 0.1) is 11.6 Å². The molecule has 0 aromatic heterocycles. The highest BCUT2D eigenvalue weighted by Crippen LogP contribution is 2.23. The van der Waals surface area contributed by atoms with Gasteiger partial charge in [0.25, 0.3) is 0 Å². The maximum Gasteiger partial charge on any atom is 0.305 e. The Morgan fingerprint density at radius 3 is 2.60 bits per heavy atom. The summed E-state index contributed by atoms with van der Waals surface area (Å²) >= 11 is 0. The van der Waals surface area contributed by atoms with Crippen LogP contribution in [0.2, 0.25) is 0 Å². The Balaban J connectivity index is 1.96. The molecule has 1 amide bonds. The van der Waals surface area contributed by atoms with Gasteiger partial charge in [0.05, 0.1) is 18.6 Å². The molecule has 25 heavy (non-hydrogen) atoms. The van der Waals surface area contributed by atoms with Crippen molar-refractivity contribution in [1.29, 1.82) is 0 Å². The van der Waals surface area contributed by atoms with E-state index < -0.39 is 17.6 Å². The number of carbonyl (C=O) groups excluding carboxylic acids is 1. The summed E-state index contributed by atoms with van der Waals surface area (Å²) in [6, 6.07) is 3.41. The second-order valence-electron chi connectivity index (χ2n) is 6.39. The SMILES string of the molecule is CC1CCC(CCC(=O)N(CCC(=O)O)Cc2ccc(F)c(F)c2)O1. The molecule has 1 heterocycles. The number of rotatable bonds is 8. The number of halogens is 2. The van der Waals surface area contributed by atoms with E-state index in [-0.39, 0.29) is 44.0 Å². The van der Waals surface area contributed by atoms with Gasteiger partial charge in [0.2, 0.25) is 5.91 Å². The molecule has 1 N–H and O–H groups in total. The highest BCUT2D eigenvalue weighted by molar-refractivity contribution is 5.77. The maximum atomic E-state index is 13.3. The van der Waals surface area contributed by atoms with Crippen LogP contribution in [0.5, 0.6) is 0 Å². The molecule has 138 valence electrons. The fraction of sp³-hybridized carbons (Fsp3) is 0.556. The molecule has 2 rings (SSSR count). The smallest absolute Gasteiger partial charge is 0.305 e. The standard InChI is InChI=1S/C18H23F2NO4/c1-12-2-4-14(25-12)5-7-17(22)21(9-8-18(23)24)11-13-3-6-15(19)16(20)10-13/h3,6,10,12,14H,2,4-5,7-9,11H2,1H3,(H,23,24). The molecular weight excluding hydrogens is 332 g/mol. The van der Waals surface area contributed by atoms with Crippen molar-refractivity contribution in [2.24, 2.45) is 0 Å². The topological polar surface area (TPSA) is 66.8 Å². The molecule has 1 saturated heterocycles. The number of aliphatic carboxylic acids is 1. The molecule has 2 atom stereocenters.